The number of hydrogen-bond acceptors (Lipinski definition) is 2. The molecule has 0 unspecified atom stereocenters. The van der Waals surface area contributed by atoms with Crippen LogP contribution in [0.1, 0.15) is 59.3 Å². The van der Waals surface area contributed by atoms with Crippen LogP contribution in [0.5, 0.6) is 0 Å². The molecule has 19 heavy (non-hydrogen) atoms. The van der Waals surface area contributed by atoms with Gasteiger partial charge in [-0.05, 0) is 37.0 Å². The van der Waals surface area contributed by atoms with E-state index in [2.05, 4.69) is 20.8 Å². The summed E-state index contributed by atoms with van der Waals surface area (Å²) in [5.74, 6) is 1.58. The maximum absolute atomic E-state index is 12.4. The molecule has 1 saturated carbocycles. The topological polar surface area (TPSA) is 37.4 Å². The Hall–Kier alpha value is -0.860. The number of carbonyl (C=O) groups is 2. The van der Waals surface area contributed by atoms with Crippen LogP contribution in [0.15, 0.2) is 0 Å². The summed E-state index contributed by atoms with van der Waals surface area (Å²) < 4.78 is 0. The Bertz CT molecular complexity index is 338. The number of Topliss-reactive ketones (excluding diaryl/α,β-unsaturated/α-hetero) is 1. The van der Waals surface area contributed by atoms with E-state index in [4.69, 9.17) is 0 Å². The third-order valence-electron chi connectivity index (χ3n) is 4.93. The van der Waals surface area contributed by atoms with Crippen molar-refractivity contribution in [1.82, 2.24) is 4.90 Å². The highest BCUT2D eigenvalue weighted by atomic mass is 16.2. The zero-order valence-corrected chi connectivity index (χ0v) is 12.6. The first kappa shape index (κ1) is 14.5. The van der Waals surface area contributed by atoms with E-state index in [0.717, 1.165) is 18.8 Å². The molecule has 108 valence electrons. The van der Waals surface area contributed by atoms with Crippen LogP contribution in [0.25, 0.3) is 0 Å². The molecule has 0 bridgehead atoms. The van der Waals surface area contributed by atoms with Gasteiger partial charge in [0.15, 0.2) is 0 Å². The number of hydrogen-bond donors (Lipinski definition) is 0. The van der Waals surface area contributed by atoms with Gasteiger partial charge in [-0.1, -0.05) is 20.8 Å². The first-order chi connectivity index (χ1) is 8.88. The third kappa shape index (κ3) is 3.58. The molecular weight excluding hydrogens is 238 g/mol. The second-order valence-electron chi connectivity index (χ2n) is 7.28. The van der Waals surface area contributed by atoms with Crippen LogP contribution in [-0.4, -0.2) is 29.7 Å². The van der Waals surface area contributed by atoms with Crippen molar-refractivity contribution in [2.24, 2.45) is 17.3 Å². The molecule has 0 aromatic carbocycles. The number of piperidine rings is 1. The van der Waals surface area contributed by atoms with Gasteiger partial charge in [-0.15, -0.1) is 0 Å². The molecule has 0 spiro atoms. The summed E-state index contributed by atoms with van der Waals surface area (Å²) in [6, 6.07) is 0. The van der Waals surface area contributed by atoms with E-state index >= 15 is 0 Å². The summed E-state index contributed by atoms with van der Waals surface area (Å²) in [6.45, 7) is 8.20. The Balaban J connectivity index is 1.84. The third-order valence-corrected chi connectivity index (χ3v) is 4.93. The van der Waals surface area contributed by atoms with E-state index in [1.165, 1.54) is 12.8 Å². The summed E-state index contributed by atoms with van der Waals surface area (Å²) >= 11 is 0. The SMILES string of the molecule is CC(C)(C)C1CCC(C(=O)N2CCC(=O)CC2)CC1. The normalized spacial score (nSPS) is 29.4. The minimum Gasteiger partial charge on any atom is -0.342 e. The van der Waals surface area contributed by atoms with Crippen LogP contribution in [0.4, 0.5) is 0 Å². The quantitative estimate of drug-likeness (QED) is 0.731. The van der Waals surface area contributed by atoms with Gasteiger partial charge in [-0.25, -0.2) is 0 Å². The fourth-order valence-electron chi connectivity index (χ4n) is 3.44. The average molecular weight is 265 g/mol. The Labute approximate surface area is 116 Å². The molecular formula is C16H27NO2. The summed E-state index contributed by atoms with van der Waals surface area (Å²) in [7, 11) is 0. The molecule has 1 amide bonds. The van der Waals surface area contributed by atoms with Gasteiger partial charge < -0.3 is 4.90 Å². The lowest BCUT2D eigenvalue weighted by atomic mass is 9.69. The van der Waals surface area contributed by atoms with E-state index in [9.17, 15) is 9.59 Å². The predicted octanol–water partition coefficient (Wildman–Crippen LogP) is 3.03. The van der Waals surface area contributed by atoms with Crippen molar-refractivity contribution in [3.63, 3.8) is 0 Å². The molecule has 2 aliphatic rings. The van der Waals surface area contributed by atoms with Crippen molar-refractivity contribution >= 4 is 11.7 Å². The predicted molar refractivity (Wildman–Crippen MR) is 75.7 cm³/mol. The van der Waals surface area contributed by atoms with E-state index in [1.807, 2.05) is 4.90 Å². The fraction of sp³-hybridized carbons (Fsp3) is 0.875. The molecule has 3 nitrogen and oxygen atoms in total. The summed E-state index contributed by atoms with van der Waals surface area (Å²) in [5.41, 5.74) is 0.367. The molecule has 0 aromatic rings. The molecule has 0 aromatic heterocycles. The van der Waals surface area contributed by atoms with Gasteiger partial charge in [0.05, 0.1) is 0 Å². The minimum absolute atomic E-state index is 0.215. The molecule has 0 atom stereocenters. The van der Waals surface area contributed by atoms with E-state index in [0.29, 0.717) is 43.0 Å². The largest absolute Gasteiger partial charge is 0.342 e. The number of rotatable bonds is 1. The molecule has 0 radical (unpaired) electrons. The maximum Gasteiger partial charge on any atom is 0.225 e. The number of nitrogens with zero attached hydrogens (tertiary/aromatic N) is 1. The van der Waals surface area contributed by atoms with Crippen molar-refractivity contribution in [2.45, 2.75) is 59.3 Å². The standard InChI is InChI=1S/C16H27NO2/c1-16(2,3)13-6-4-12(5-7-13)15(19)17-10-8-14(18)9-11-17/h12-13H,4-11H2,1-3H3. The van der Waals surface area contributed by atoms with Crippen LogP contribution in [0, 0.1) is 17.3 Å². The van der Waals surface area contributed by atoms with Gasteiger partial charge in [-0.3, -0.25) is 9.59 Å². The van der Waals surface area contributed by atoms with Crippen molar-refractivity contribution in [3.8, 4) is 0 Å². The van der Waals surface area contributed by atoms with Crippen molar-refractivity contribution in [3.05, 3.63) is 0 Å². The van der Waals surface area contributed by atoms with Gasteiger partial charge in [0.2, 0.25) is 5.91 Å². The summed E-state index contributed by atoms with van der Waals surface area (Å²) in [5, 5.41) is 0. The smallest absolute Gasteiger partial charge is 0.225 e. The van der Waals surface area contributed by atoms with Gasteiger partial charge in [0.25, 0.3) is 0 Å². The highest BCUT2D eigenvalue weighted by Gasteiger charge is 2.34. The van der Waals surface area contributed by atoms with E-state index in [1.54, 1.807) is 0 Å². The molecule has 1 aliphatic carbocycles. The van der Waals surface area contributed by atoms with E-state index < -0.39 is 0 Å². The van der Waals surface area contributed by atoms with Crippen LogP contribution in [-0.2, 0) is 9.59 Å². The number of ketones is 1. The van der Waals surface area contributed by atoms with Gasteiger partial charge in [0, 0.05) is 31.8 Å². The van der Waals surface area contributed by atoms with Crippen LogP contribution < -0.4 is 0 Å². The zero-order valence-electron chi connectivity index (χ0n) is 12.6. The van der Waals surface area contributed by atoms with Crippen LogP contribution in [0.2, 0.25) is 0 Å². The number of amides is 1. The Morgan fingerprint density at radius 3 is 2.05 bits per heavy atom. The van der Waals surface area contributed by atoms with Crippen LogP contribution in [0.3, 0.4) is 0 Å². The second kappa shape index (κ2) is 5.64. The Morgan fingerprint density at radius 2 is 1.58 bits per heavy atom. The summed E-state index contributed by atoms with van der Waals surface area (Å²) in [4.78, 5) is 25.6. The highest BCUT2D eigenvalue weighted by molar-refractivity contribution is 5.84. The van der Waals surface area contributed by atoms with Gasteiger partial charge >= 0.3 is 0 Å². The van der Waals surface area contributed by atoms with Crippen LogP contribution >= 0.6 is 0 Å². The number of carbonyl (C=O) groups excluding carboxylic acids is 2. The van der Waals surface area contributed by atoms with Gasteiger partial charge in [0.1, 0.15) is 5.78 Å². The lowest BCUT2D eigenvalue weighted by Crippen LogP contribution is -2.43. The molecule has 1 saturated heterocycles. The molecule has 0 N–H and O–H groups in total. The molecule has 2 fully saturated rings. The van der Waals surface area contributed by atoms with Crippen molar-refractivity contribution < 1.29 is 9.59 Å². The monoisotopic (exact) mass is 265 g/mol. The molecule has 2 rings (SSSR count). The molecule has 1 heterocycles. The minimum atomic E-state index is 0.215. The first-order valence-corrected chi connectivity index (χ1v) is 7.68. The molecule has 1 aliphatic heterocycles. The Kier molecular flexibility index (Phi) is 4.32. The average Bonchev–Trinajstić information content (AvgIpc) is 2.38. The first-order valence-electron chi connectivity index (χ1n) is 7.68. The van der Waals surface area contributed by atoms with E-state index in [-0.39, 0.29) is 5.92 Å². The lowest BCUT2D eigenvalue weighted by Gasteiger charge is -2.38. The highest BCUT2D eigenvalue weighted by Crippen LogP contribution is 2.40. The maximum atomic E-state index is 12.4. The van der Waals surface area contributed by atoms with Crippen molar-refractivity contribution in [1.29, 1.82) is 0 Å². The zero-order chi connectivity index (χ0) is 14.0. The lowest BCUT2D eigenvalue weighted by molar-refractivity contribution is -0.139. The fourth-order valence-corrected chi connectivity index (χ4v) is 3.44. The summed E-state index contributed by atoms with van der Waals surface area (Å²) in [6.07, 6.45) is 5.53. The molecule has 3 heteroatoms. The second-order valence-corrected chi connectivity index (χ2v) is 7.28. The number of likely N-dealkylation sites (tertiary alicyclic amines) is 1. The Morgan fingerprint density at radius 1 is 1.05 bits per heavy atom. The van der Waals surface area contributed by atoms with Crippen molar-refractivity contribution in [2.75, 3.05) is 13.1 Å². The van der Waals surface area contributed by atoms with Gasteiger partial charge in [-0.2, -0.15) is 0 Å².